The van der Waals surface area contributed by atoms with Crippen molar-refractivity contribution >= 4 is 16.8 Å². The maximum atomic E-state index is 12.2. The molecule has 2 aromatic rings. The van der Waals surface area contributed by atoms with Crippen molar-refractivity contribution in [2.45, 2.75) is 71.4 Å². The number of benzene rings is 1. The molecule has 0 atom stereocenters. The van der Waals surface area contributed by atoms with Gasteiger partial charge in [0, 0.05) is 57.6 Å². The van der Waals surface area contributed by atoms with E-state index < -0.39 is 0 Å². The second-order valence-electron chi connectivity index (χ2n) is 8.33. The van der Waals surface area contributed by atoms with Crippen molar-refractivity contribution in [2.75, 3.05) is 45.1 Å². The molecule has 0 unspecified atom stereocenters. The average Bonchev–Trinajstić information content (AvgIpc) is 3.13. The molecule has 0 spiro atoms. The Kier molecular flexibility index (Phi) is 8.82. The normalized spacial score (nSPS) is 18.9. The molecule has 2 heterocycles. The van der Waals surface area contributed by atoms with E-state index in [1.807, 2.05) is 39.1 Å². The van der Waals surface area contributed by atoms with E-state index in [0.29, 0.717) is 5.58 Å². The van der Waals surface area contributed by atoms with Crippen LogP contribution in [0.2, 0.25) is 0 Å². The van der Waals surface area contributed by atoms with Crippen LogP contribution in [0.5, 0.6) is 0 Å². The van der Waals surface area contributed by atoms with E-state index >= 15 is 0 Å². The lowest BCUT2D eigenvalue weighted by atomic mass is 9.94. The maximum Gasteiger partial charge on any atom is 0.419 e. The highest BCUT2D eigenvalue weighted by molar-refractivity contribution is 5.77. The second kappa shape index (κ2) is 11.6. The minimum absolute atomic E-state index is 0.246. The van der Waals surface area contributed by atoms with Gasteiger partial charge in [0.25, 0.3) is 0 Å². The number of anilines is 1. The monoisotopic (exact) mass is 416 g/mol. The van der Waals surface area contributed by atoms with E-state index in [0.717, 1.165) is 43.2 Å². The van der Waals surface area contributed by atoms with E-state index in [1.165, 1.54) is 58.3 Å². The Labute approximate surface area is 181 Å². The molecular formula is C24H40N4O2. The lowest BCUT2D eigenvalue weighted by molar-refractivity contribution is 0.0780. The number of hydrogen-bond acceptors (Lipinski definition) is 5. The Morgan fingerprint density at radius 2 is 1.70 bits per heavy atom. The van der Waals surface area contributed by atoms with Gasteiger partial charge in [-0.2, -0.15) is 0 Å². The highest BCUT2D eigenvalue weighted by Crippen LogP contribution is 2.23. The molecule has 6 nitrogen and oxygen atoms in total. The average molecular weight is 417 g/mol. The number of unbranched alkanes of at least 4 members (excludes halogenated alkanes) is 1. The van der Waals surface area contributed by atoms with E-state index in [1.54, 1.807) is 4.57 Å². The van der Waals surface area contributed by atoms with Crippen molar-refractivity contribution in [2.24, 2.45) is 0 Å². The van der Waals surface area contributed by atoms with E-state index in [9.17, 15) is 4.79 Å². The van der Waals surface area contributed by atoms with Gasteiger partial charge < -0.3 is 14.6 Å². The van der Waals surface area contributed by atoms with Crippen LogP contribution in [-0.4, -0.2) is 60.2 Å². The first-order valence-corrected chi connectivity index (χ1v) is 12.0. The minimum Gasteiger partial charge on any atom is -0.408 e. The summed E-state index contributed by atoms with van der Waals surface area (Å²) in [7, 11) is 1.87. The highest BCUT2D eigenvalue weighted by atomic mass is 16.4. The zero-order valence-electron chi connectivity index (χ0n) is 19.2. The summed E-state index contributed by atoms with van der Waals surface area (Å²) in [4.78, 5) is 17.5. The number of nitrogens with zero attached hydrogens (tertiary/aromatic N) is 3. The van der Waals surface area contributed by atoms with Gasteiger partial charge in [-0.25, -0.2) is 4.79 Å². The third-order valence-corrected chi connectivity index (χ3v) is 6.56. The van der Waals surface area contributed by atoms with E-state index in [4.69, 9.17) is 4.42 Å². The van der Waals surface area contributed by atoms with Gasteiger partial charge in [0.15, 0.2) is 5.58 Å². The third kappa shape index (κ3) is 5.67. The molecule has 1 aromatic carbocycles. The summed E-state index contributed by atoms with van der Waals surface area (Å²) in [5.41, 5.74) is 2.52. The molecule has 6 heteroatoms. The number of fused-ring (bicyclic) bond motifs is 1. The van der Waals surface area contributed by atoms with Crippen molar-refractivity contribution in [3.63, 3.8) is 0 Å². The highest BCUT2D eigenvalue weighted by Gasteiger charge is 2.24. The number of aryl methyl sites for hydroxylation is 1. The fourth-order valence-electron chi connectivity index (χ4n) is 4.84. The largest absolute Gasteiger partial charge is 0.419 e. The molecule has 2 aliphatic rings. The summed E-state index contributed by atoms with van der Waals surface area (Å²) in [5.74, 6) is -0.246. The topological polar surface area (TPSA) is 53.7 Å². The van der Waals surface area contributed by atoms with Gasteiger partial charge in [0.1, 0.15) is 0 Å². The summed E-state index contributed by atoms with van der Waals surface area (Å²) < 4.78 is 7.18. The first kappa shape index (κ1) is 22.9. The van der Waals surface area contributed by atoms with Crippen molar-refractivity contribution in [3.05, 3.63) is 28.7 Å². The Morgan fingerprint density at radius 3 is 2.40 bits per heavy atom. The quantitative estimate of drug-likeness (QED) is 0.678. The van der Waals surface area contributed by atoms with Crippen molar-refractivity contribution in [1.82, 2.24) is 14.4 Å². The number of nitrogens with one attached hydrogen (secondary N) is 1. The molecule has 0 radical (unpaired) electrons. The van der Waals surface area contributed by atoms with E-state index in [2.05, 4.69) is 15.1 Å². The number of piperazine rings is 1. The SMILES string of the molecule is CC.CNc1ccc2c(c1)oc(=O)n2CCCCN1CCN(C2CCCCC2)CC1. The molecule has 168 valence electrons. The Morgan fingerprint density at radius 1 is 1.00 bits per heavy atom. The van der Waals surface area contributed by atoms with Gasteiger partial charge in [-0.1, -0.05) is 33.1 Å². The molecule has 1 aliphatic carbocycles. The van der Waals surface area contributed by atoms with Gasteiger partial charge >= 0.3 is 5.76 Å². The number of rotatable bonds is 7. The van der Waals surface area contributed by atoms with Gasteiger partial charge in [-0.05, 0) is 44.4 Å². The summed E-state index contributed by atoms with van der Waals surface area (Å²) >= 11 is 0. The summed E-state index contributed by atoms with van der Waals surface area (Å²) in [6.45, 7) is 10.7. The van der Waals surface area contributed by atoms with Gasteiger partial charge in [0.2, 0.25) is 0 Å². The second-order valence-corrected chi connectivity index (χ2v) is 8.33. The van der Waals surface area contributed by atoms with Crippen LogP contribution in [0, 0.1) is 0 Å². The van der Waals surface area contributed by atoms with Gasteiger partial charge in [-0.3, -0.25) is 9.47 Å². The fourth-order valence-corrected chi connectivity index (χ4v) is 4.84. The molecule has 0 bridgehead atoms. The molecule has 1 saturated carbocycles. The molecule has 2 fully saturated rings. The first-order chi connectivity index (χ1) is 14.7. The van der Waals surface area contributed by atoms with E-state index in [-0.39, 0.29) is 5.76 Å². The summed E-state index contributed by atoms with van der Waals surface area (Å²) in [5, 5.41) is 3.08. The maximum absolute atomic E-state index is 12.2. The van der Waals surface area contributed by atoms with Crippen LogP contribution in [0.15, 0.2) is 27.4 Å². The summed E-state index contributed by atoms with van der Waals surface area (Å²) in [6.07, 6.45) is 9.21. The predicted octanol–water partition coefficient (Wildman–Crippen LogP) is 4.39. The smallest absolute Gasteiger partial charge is 0.408 e. The molecule has 4 rings (SSSR count). The summed E-state index contributed by atoms with van der Waals surface area (Å²) in [6, 6.07) is 6.69. The van der Waals surface area contributed by atoms with Gasteiger partial charge in [-0.15, -0.1) is 0 Å². The Bertz CT molecular complexity index is 814. The molecule has 30 heavy (non-hydrogen) atoms. The molecule has 1 aromatic heterocycles. The van der Waals surface area contributed by atoms with Crippen molar-refractivity contribution < 1.29 is 4.42 Å². The van der Waals surface area contributed by atoms with Crippen LogP contribution >= 0.6 is 0 Å². The zero-order chi connectivity index (χ0) is 21.3. The van der Waals surface area contributed by atoms with Crippen LogP contribution < -0.4 is 11.1 Å². The lowest BCUT2D eigenvalue weighted by Gasteiger charge is -2.40. The predicted molar refractivity (Wildman–Crippen MR) is 125 cm³/mol. The number of oxazole rings is 1. The van der Waals surface area contributed by atoms with Crippen LogP contribution in [-0.2, 0) is 6.54 Å². The van der Waals surface area contributed by atoms with Crippen molar-refractivity contribution in [3.8, 4) is 0 Å². The Balaban J connectivity index is 0.00000124. The molecule has 1 aliphatic heterocycles. The fraction of sp³-hybridized carbons (Fsp3) is 0.708. The number of aromatic nitrogens is 1. The first-order valence-electron chi connectivity index (χ1n) is 12.0. The van der Waals surface area contributed by atoms with Crippen LogP contribution in [0.4, 0.5) is 5.69 Å². The third-order valence-electron chi connectivity index (χ3n) is 6.56. The lowest BCUT2D eigenvalue weighted by Crippen LogP contribution is -2.50. The van der Waals surface area contributed by atoms with Crippen LogP contribution in [0.3, 0.4) is 0 Å². The standard InChI is InChI=1S/C22H34N4O2.C2H6/c1-23-18-9-10-20-21(17-18)28-22(27)26(20)12-6-5-11-24-13-15-25(16-14-24)19-7-3-2-4-8-19;1-2/h9-10,17,19,23H,2-8,11-16H2,1H3;1-2H3. The van der Waals surface area contributed by atoms with Crippen LogP contribution in [0.25, 0.3) is 11.1 Å². The molecule has 1 saturated heterocycles. The van der Waals surface area contributed by atoms with Gasteiger partial charge in [0.05, 0.1) is 5.52 Å². The molecular weight excluding hydrogens is 376 g/mol. The molecule has 0 amide bonds. The number of hydrogen-bond donors (Lipinski definition) is 1. The molecule has 1 N–H and O–H groups in total. The minimum atomic E-state index is -0.246. The Hall–Kier alpha value is -1.79. The van der Waals surface area contributed by atoms with Crippen molar-refractivity contribution in [1.29, 1.82) is 0 Å². The van der Waals surface area contributed by atoms with Crippen LogP contribution in [0.1, 0.15) is 58.8 Å². The zero-order valence-corrected chi connectivity index (χ0v) is 19.2.